The molecule has 0 aromatic carbocycles. The highest BCUT2D eigenvalue weighted by atomic mass is 16.4. The second-order valence-corrected chi connectivity index (χ2v) is 3.26. The minimum absolute atomic E-state index is 0.0513. The molecule has 5 nitrogen and oxygen atoms in total. The fraction of sp³-hybridized carbons (Fsp3) is 0.500. The molecule has 84 valence electrons. The van der Waals surface area contributed by atoms with Crippen molar-refractivity contribution >= 4 is 5.97 Å². The Balaban J connectivity index is 2.50. The third-order valence-electron chi connectivity index (χ3n) is 2.05. The number of aromatic carboxylic acids is 1. The number of carboxylic acid groups (broad SMARTS) is 1. The van der Waals surface area contributed by atoms with Crippen molar-refractivity contribution in [2.24, 2.45) is 0 Å². The van der Waals surface area contributed by atoms with Crippen LogP contribution in [0.3, 0.4) is 0 Å². The predicted molar refractivity (Wildman–Crippen MR) is 53.8 cm³/mol. The first-order valence-electron chi connectivity index (χ1n) is 4.82. The van der Waals surface area contributed by atoms with Crippen LogP contribution in [0.1, 0.15) is 35.7 Å². The van der Waals surface area contributed by atoms with E-state index in [1.54, 1.807) is 6.07 Å². The second-order valence-electron chi connectivity index (χ2n) is 3.26. The Kier molecular flexibility index (Phi) is 4.33. The van der Waals surface area contributed by atoms with Crippen LogP contribution < -0.4 is 5.32 Å². The zero-order valence-corrected chi connectivity index (χ0v) is 8.56. The second kappa shape index (κ2) is 5.53. The molecule has 1 unspecified atom stereocenters. The molecule has 0 amide bonds. The zero-order valence-electron chi connectivity index (χ0n) is 8.56. The van der Waals surface area contributed by atoms with Gasteiger partial charge in [0.25, 0.3) is 0 Å². The van der Waals surface area contributed by atoms with E-state index in [1.807, 2.05) is 6.92 Å². The molecular weight excluding hydrogens is 198 g/mol. The first-order valence-corrected chi connectivity index (χ1v) is 4.82. The molecule has 0 fully saturated rings. The fourth-order valence-corrected chi connectivity index (χ4v) is 1.20. The van der Waals surface area contributed by atoms with Crippen molar-refractivity contribution in [1.29, 1.82) is 0 Å². The van der Waals surface area contributed by atoms with Gasteiger partial charge < -0.3 is 19.9 Å². The average molecular weight is 213 g/mol. The van der Waals surface area contributed by atoms with Gasteiger partial charge in [-0.25, -0.2) is 4.79 Å². The lowest BCUT2D eigenvalue weighted by Crippen LogP contribution is -2.20. The number of furan rings is 1. The van der Waals surface area contributed by atoms with Crippen LogP contribution in [0.2, 0.25) is 0 Å². The molecule has 0 aliphatic heterocycles. The zero-order chi connectivity index (χ0) is 11.3. The first-order chi connectivity index (χ1) is 7.15. The molecule has 0 radical (unpaired) electrons. The normalized spacial score (nSPS) is 12.7. The van der Waals surface area contributed by atoms with Crippen molar-refractivity contribution in [1.82, 2.24) is 5.32 Å². The van der Waals surface area contributed by atoms with E-state index < -0.39 is 5.97 Å². The van der Waals surface area contributed by atoms with Gasteiger partial charge in [-0.05, 0) is 32.0 Å². The molecule has 1 atom stereocenters. The van der Waals surface area contributed by atoms with Crippen LogP contribution in [0, 0.1) is 0 Å². The molecular formula is C10H15NO4. The Labute approximate surface area is 87.7 Å². The van der Waals surface area contributed by atoms with E-state index in [0.29, 0.717) is 18.7 Å². The number of carboxylic acids is 1. The van der Waals surface area contributed by atoms with Gasteiger partial charge in [-0.1, -0.05) is 0 Å². The molecule has 0 aliphatic carbocycles. The Morgan fingerprint density at radius 3 is 2.87 bits per heavy atom. The van der Waals surface area contributed by atoms with Gasteiger partial charge in [0, 0.05) is 6.61 Å². The van der Waals surface area contributed by atoms with Crippen LogP contribution in [0.4, 0.5) is 0 Å². The summed E-state index contributed by atoms with van der Waals surface area (Å²) in [6, 6.07) is 3.02. The maximum atomic E-state index is 10.6. The summed E-state index contributed by atoms with van der Waals surface area (Å²) in [5.41, 5.74) is 0. The van der Waals surface area contributed by atoms with Crippen LogP contribution in [-0.4, -0.2) is 29.3 Å². The van der Waals surface area contributed by atoms with Gasteiger partial charge in [-0.2, -0.15) is 0 Å². The first kappa shape index (κ1) is 11.7. The summed E-state index contributed by atoms with van der Waals surface area (Å²) < 4.78 is 5.11. The summed E-state index contributed by atoms with van der Waals surface area (Å²) in [4.78, 5) is 10.6. The SMILES string of the molecule is CC(NCCCO)c1ccc(C(=O)O)o1. The van der Waals surface area contributed by atoms with Crippen molar-refractivity contribution in [3.05, 3.63) is 23.7 Å². The van der Waals surface area contributed by atoms with Crippen LogP contribution in [-0.2, 0) is 0 Å². The van der Waals surface area contributed by atoms with Crippen molar-refractivity contribution in [3.8, 4) is 0 Å². The van der Waals surface area contributed by atoms with Crippen LogP contribution in [0.25, 0.3) is 0 Å². The molecule has 0 bridgehead atoms. The van der Waals surface area contributed by atoms with E-state index in [1.165, 1.54) is 6.07 Å². The van der Waals surface area contributed by atoms with E-state index in [2.05, 4.69) is 5.32 Å². The summed E-state index contributed by atoms with van der Waals surface area (Å²) in [6.07, 6.45) is 0.664. The van der Waals surface area contributed by atoms with Gasteiger partial charge in [0.05, 0.1) is 6.04 Å². The molecule has 1 aromatic rings. The molecule has 0 saturated heterocycles. The number of aliphatic hydroxyl groups is 1. The Morgan fingerprint density at radius 1 is 1.60 bits per heavy atom. The predicted octanol–water partition coefficient (Wildman–Crippen LogP) is 1.01. The third kappa shape index (κ3) is 3.38. The molecule has 1 heterocycles. The fourth-order valence-electron chi connectivity index (χ4n) is 1.20. The minimum atomic E-state index is -1.07. The Hall–Kier alpha value is -1.33. The topological polar surface area (TPSA) is 82.7 Å². The molecule has 1 rings (SSSR count). The van der Waals surface area contributed by atoms with E-state index >= 15 is 0 Å². The highest BCUT2D eigenvalue weighted by Gasteiger charge is 2.13. The molecule has 3 N–H and O–H groups in total. The average Bonchev–Trinajstić information content (AvgIpc) is 2.66. The number of nitrogens with one attached hydrogen (secondary N) is 1. The lowest BCUT2D eigenvalue weighted by Gasteiger charge is -2.09. The van der Waals surface area contributed by atoms with Crippen LogP contribution in [0.5, 0.6) is 0 Å². The quantitative estimate of drug-likeness (QED) is 0.614. The van der Waals surface area contributed by atoms with E-state index in [-0.39, 0.29) is 18.4 Å². The van der Waals surface area contributed by atoms with Crippen LogP contribution in [0.15, 0.2) is 16.5 Å². The minimum Gasteiger partial charge on any atom is -0.475 e. The number of hydrogen-bond acceptors (Lipinski definition) is 4. The lowest BCUT2D eigenvalue weighted by atomic mass is 10.2. The van der Waals surface area contributed by atoms with Crippen molar-refractivity contribution < 1.29 is 19.4 Å². The summed E-state index contributed by atoms with van der Waals surface area (Å²) in [7, 11) is 0. The number of aliphatic hydroxyl groups excluding tert-OH is 1. The highest BCUT2D eigenvalue weighted by molar-refractivity contribution is 5.84. The molecule has 0 saturated carbocycles. The molecule has 5 heteroatoms. The number of hydrogen-bond donors (Lipinski definition) is 3. The summed E-state index contributed by atoms with van der Waals surface area (Å²) in [5, 5.41) is 20.3. The largest absolute Gasteiger partial charge is 0.475 e. The maximum absolute atomic E-state index is 10.6. The summed E-state index contributed by atoms with van der Waals surface area (Å²) in [5.74, 6) is -0.532. The summed E-state index contributed by atoms with van der Waals surface area (Å²) in [6.45, 7) is 2.68. The van der Waals surface area contributed by atoms with Gasteiger partial charge in [0.15, 0.2) is 0 Å². The smallest absolute Gasteiger partial charge is 0.371 e. The van der Waals surface area contributed by atoms with Crippen molar-refractivity contribution in [2.45, 2.75) is 19.4 Å². The number of carbonyl (C=O) groups is 1. The summed E-state index contributed by atoms with van der Waals surface area (Å²) >= 11 is 0. The Morgan fingerprint density at radius 2 is 2.33 bits per heavy atom. The lowest BCUT2D eigenvalue weighted by molar-refractivity contribution is 0.0659. The van der Waals surface area contributed by atoms with Crippen molar-refractivity contribution in [2.75, 3.05) is 13.2 Å². The van der Waals surface area contributed by atoms with Gasteiger partial charge in [-0.15, -0.1) is 0 Å². The number of rotatable bonds is 6. The van der Waals surface area contributed by atoms with E-state index in [0.717, 1.165) is 0 Å². The van der Waals surface area contributed by atoms with Crippen molar-refractivity contribution in [3.63, 3.8) is 0 Å². The standard InChI is InChI=1S/C10H15NO4/c1-7(11-5-2-6-12)8-3-4-9(15-8)10(13)14/h3-4,7,11-12H,2,5-6H2,1H3,(H,13,14). The third-order valence-corrected chi connectivity index (χ3v) is 2.05. The molecule has 15 heavy (non-hydrogen) atoms. The maximum Gasteiger partial charge on any atom is 0.371 e. The van der Waals surface area contributed by atoms with Gasteiger partial charge in [-0.3, -0.25) is 0 Å². The molecule has 0 spiro atoms. The van der Waals surface area contributed by atoms with Gasteiger partial charge in [0.2, 0.25) is 5.76 Å². The van der Waals surface area contributed by atoms with Crippen LogP contribution >= 0.6 is 0 Å². The van der Waals surface area contributed by atoms with E-state index in [4.69, 9.17) is 14.6 Å². The van der Waals surface area contributed by atoms with Gasteiger partial charge >= 0.3 is 5.97 Å². The molecule has 0 aliphatic rings. The van der Waals surface area contributed by atoms with E-state index in [9.17, 15) is 4.79 Å². The Bertz CT molecular complexity index is 321. The highest BCUT2D eigenvalue weighted by Crippen LogP contribution is 2.15. The monoisotopic (exact) mass is 213 g/mol. The van der Waals surface area contributed by atoms with Gasteiger partial charge in [0.1, 0.15) is 5.76 Å². The molecule has 1 aromatic heterocycles.